The number of carbonyl (C=O) groups is 3. The Morgan fingerprint density at radius 3 is 2.24 bits per heavy atom. The van der Waals surface area contributed by atoms with Gasteiger partial charge in [0.15, 0.2) is 0 Å². The van der Waals surface area contributed by atoms with Gasteiger partial charge in [0, 0.05) is 12.1 Å². The average Bonchev–Trinajstić information content (AvgIpc) is 3.59. The van der Waals surface area contributed by atoms with Crippen molar-refractivity contribution in [3.63, 3.8) is 0 Å². The molecule has 2 aromatic rings. The molecule has 0 radical (unpaired) electrons. The number of hydrogen-bond acceptors (Lipinski definition) is 3. The molecular weight excluding hydrogens is 412 g/mol. The summed E-state index contributed by atoms with van der Waals surface area (Å²) in [5.41, 5.74) is 3.63. The molecule has 1 N–H and O–H groups in total. The first-order chi connectivity index (χ1) is 15.9. The van der Waals surface area contributed by atoms with Gasteiger partial charge in [-0.1, -0.05) is 54.6 Å². The molecule has 2 bridgehead atoms. The Morgan fingerprint density at radius 1 is 0.970 bits per heavy atom. The molecule has 7 rings (SSSR count). The molecule has 3 fully saturated rings. The Morgan fingerprint density at radius 2 is 1.61 bits per heavy atom. The molecule has 5 heteroatoms. The van der Waals surface area contributed by atoms with Crippen molar-refractivity contribution in [3.8, 4) is 0 Å². The van der Waals surface area contributed by atoms with Crippen molar-refractivity contribution in [2.75, 3.05) is 5.32 Å². The van der Waals surface area contributed by atoms with Crippen molar-refractivity contribution in [1.82, 2.24) is 4.90 Å². The summed E-state index contributed by atoms with van der Waals surface area (Å²) in [6, 6.07) is 14.7. The minimum absolute atomic E-state index is 0.144. The molecule has 1 saturated heterocycles. The minimum atomic E-state index is -0.867. The van der Waals surface area contributed by atoms with Crippen molar-refractivity contribution in [2.24, 2.45) is 35.5 Å². The fourth-order valence-electron chi connectivity index (χ4n) is 6.51. The SMILES string of the molecule is Cc1ccc(C)c(NC(=O)[C@H](Cc2ccccc2)N2C(=O)[C@@H]3[C@H]4C=C[C@@H]([C@@H]5C[C@H]45)[C@@H]3C2=O)c1. The van der Waals surface area contributed by atoms with Crippen molar-refractivity contribution < 1.29 is 14.4 Å². The highest BCUT2D eigenvalue weighted by Crippen LogP contribution is 2.65. The third-order valence-electron chi connectivity index (χ3n) is 8.23. The van der Waals surface area contributed by atoms with Crippen molar-refractivity contribution in [2.45, 2.75) is 32.7 Å². The minimum Gasteiger partial charge on any atom is -0.324 e. The van der Waals surface area contributed by atoms with E-state index < -0.39 is 6.04 Å². The first-order valence-electron chi connectivity index (χ1n) is 11.9. The van der Waals surface area contributed by atoms with Gasteiger partial charge in [-0.25, -0.2) is 0 Å². The molecule has 1 aliphatic heterocycles. The molecule has 2 saturated carbocycles. The Kier molecular flexibility index (Phi) is 4.58. The van der Waals surface area contributed by atoms with Crippen LogP contribution in [0.3, 0.4) is 0 Å². The van der Waals surface area contributed by atoms with Crippen LogP contribution < -0.4 is 5.32 Å². The van der Waals surface area contributed by atoms with Crippen molar-refractivity contribution in [3.05, 3.63) is 77.4 Å². The number of allylic oxidation sites excluding steroid dienone is 2. The van der Waals surface area contributed by atoms with Crippen LogP contribution in [-0.2, 0) is 20.8 Å². The third kappa shape index (κ3) is 3.17. The predicted octanol–water partition coefficient (Wildman–Crippen LogP) is 3.91. The Bertz CT molecular complexity index is 1150. The maximum Gasteiger partial charge on any atom is 0.248 e. The van der Waals surface area contributed by atoms with E-state index in [1.54, 1.807) is 0 Å². The van der Waals surface area contributed by atoms with E-state index in [2.05, 4.69) is 17.5 Å². The zero-order valence-corrected chi connectivity index (χ0v) is 18.9. The van der Waals surface area contributed by atoms with E-state index in [-0.39, 0.29) is 41.4 Å². The highest BCUT2D eigenvalue weighted by Gasteiger charge is 2.67. The maximum atomic E-state index is 13.7. The van der Waals surface area contributed by atoms with Gasteiger partial charge in [0.2, 0.25) is 17.7 Å². The summed E-state index contributed by atoms with van der Waals surface area (Å²) in [7, 11) is 0. The first kappa shape index (κ1) is 20.4. The van der Waals surface area contributed by atoms with Crippen molar-refractivity contribution >= 4 is 23.4 Å². The largest absolute Gasteiger partial charge is 0.324 e. The van der Waals surface area contributed by atoms with Gasteiger partial charge in [-0.2, -0.15) is 0 Å². The van der Waals surface area contributed by atoms with E-state index in [0.717, 1.165) is 28.8 Å². The number of likely N-dealkylation sites (tertiary alicyclic amines) is 1. The number of nitrogens with one attached hydrogen (secondary N) is 1. The number of benzene rings is 2. The molecule has 3 amide bonds. The lowest BCUT2D eigenvalue weighted by Gasteiger charge is -2.37. The quantitative estimate of drug-likeness (QED) is 0.566. The van der Waals surface area contributed by atoms with Crippen LogP contribution in [0.2, 0.25) is 0 Å². The molecule has 2 aromatic carbocycles. The Balaban J connectivity index is 1.34. The molecule has 7 atom stereocenters. The standard InChI is InChI=1S/C28H28N2O3/c1-15-8-9-16(2)22(12-15)29-26(31)23(13-17-6-4-3-5-7-17)30-27(32)24-18-10-11-19(21-14-20(18)21)25(24)28(30)33/h3-12,18-21,23-25H,13-14H2,1-2H3,(H,29,31)/t18-,19-,20-,21+,23-,24-,25+/m0/s1. The highest BCUT2D eigenvalue weighted by atomic mass is 16.2. The van der Waals surface area contributed by atoms with Gasteiger partial charge < -0.3 is 5.32 Å². The summed E-state index contributed by atoms with van der Waals surface area (Å²) in [4.78, 5) is 42.4. The van der Waals surface area contributed by atoms with Crippen LogP contribution in [-0.4, -0.2) is 28.7 Å². The second-order valence-electron chi connectivity index (χ2n) is 10.2. The van der Waals surface area contributed by atoms with E-state index >= 15 is 0 Å². The number of hydrogen-bond donors (Lipinski definition) is 1. The van der Waals surface area contributed by atoms with Crippen LogP contribution in [0, 0.1) is 49.4 Å². The number of anilines is 1. The molecule has 0 spiro atoms. The Labute approximate surface area is 193 Å². The summed E-state index contributed by atoms with van der Waals surface area (Å²) in [5.74, 6) is 0.128. The number of imide groups is 1. The Hall–Kier alpha value is -3.21. The normalized spacial score (nSPS) is 31.9. The number of carbonyl (C=O) groups excluding carboxylic acids is 3. The van der Waals surface area contributed by atoms with Gasteiger partial charge in [-0.3, -0.25) is 19.3 Å². The number of aryl methyl sites for hydroxylation is 2. The van der Waals surface area contributed by atoms with E-state index in [1.165, 1.54) is 4.90 Å². The summed E-state index contributed by atoms with van der Waals surface area (Å²) in [6.07, 6.45) is 5.76. The van der Waals surface area contributed by atoms with Gasteiger partial charge in [0.05, 0.1) is 11.8 Å². The van der Waals surface area contributed by atoms with Crippen molar-refractivity contribution in [1.29, 1.82) is 0 Å². The first-order valence-corrected chi connectivity index (χ1v) is 11.9. The molecular formula is C28H28N2O3. The summed E-state index contributed by atoms with van der Waals surface area (Å²) < 4.78 is 0. The molecule has 1 heterocycles. The molecule has 5 nitrogen and oxygen atoms in total. The molecule has 168 valence electrons. The van der Waals surface area contributed by atoms with Gasteiger partial charge in [0.25, 0.3) is 0 Å². The number of nitrogens with zero attached hydrogens (tertiary/aromatic N) is 1. The van der Waals surface area contributed by atoms with E-state index in [1.807, 2.05) is 62.4 Å². The molecule has 5 aliphatic rings. The van der Waals surface area contributed by atoms with Crippen LogP contribution in [0.15, 0.2) is 60.7 Å². The zero-order chi connectivity index (χ0) is 22.9. The fraction of sp³-hybridized carbons (Fsp3) is 0.393. The highest BCUT2D eigenvalue weighted by molar-refractivity contribution is 6.11. The van der Waals surface area contributed by atoms with E-state index in [0.29, 0.717) is 18.3 Å². The topological polar surface area (TPSA) is 66.5 Å². The number of amides is 3. The number of rotatable bonds is 5. The summed E-state index contributed by atoms with van der Waals surface area (Å²) in [5, 5.41) is 3.03. The fourth-order valence-corrected chi connectivity index (χ4v) is 6.51. The smallest absolute Gasteiger partial charge is 0.248 e. The lowest BCUT2D eigenvalue weighted by Crippen LogP contribution is -2.49. The molecule has 4 aliphatic carbocycles. The van der Waals surface area contributed by atoms with E-state index in [9.17, 15) is 14.4 Å². The molecule has 0 unspecified atom stereocenters. The zero-order valence-electron chi connectivity index (χ0n) is 18.9. The second kappa shape index (κ2) is 7.41. The average molecular weight is 441 g/mol. The van der Waals surface area contributed by atoms with Crippen LogP contribution in [0.5, 0.6) is 0 Å². The third-order valence-corrected chi connectivity index (χ3v) is 8.23. The molecule has 0 aromatic heterocycles. The van der Waals surface area contributed by atoms with Crippen LogP contribution in [0.1, 0.15) is 23.1 Å². The summed E-state index contributed by atoms with van der Waals surface area (Å²) >= 11 is 0. The van der Waals surface area contributed by atoms with Gasteiger partial charge in [-0.15, -0.1) is 0 Å². The predicted molar refractivity (Wildman–Crippen MR) is 125 cm³/mol. The van der Waals surface area contributed by atoms with Crippen LogP contribution in [0.25, 0.3) is 0 Å². The maximum absolute atomic E-state index is 13.7. The lowest BCUT2D eigenvalue weighted by molar-refractivity contribution is -0.146. The second-order valence-corrected chi connectivity index (χ2v) is 10.2. The van der Waals surface area contributed by atoms with Gasteiger partial charge in [-0.05, 0) is 66.7 Å². The van der Waals surface area contributed by atoms with Gasteiger partial charge >= 0.3 is 0 Å². The van der Waals surface area contributed by atoms with E-state index in [4.69, 9.17) is 0 Å². The summed E-state index contributed by atoms with van der Waals surface area (Å²) in [6.45, 7) is 3.92. The van der Waals surface area contributed by atoms with Crippen LogP contribution in [0.4, 0.5) is 5.69 Å². The van der Waals surface area contributed by atoms with Crippen LogP contribution >= 0.6 is 0 Å². The van der Waals surface area contributed by atoms with Gasteiger partial charge in [0.1, 0.15) is 6.04 Å². The lowest BCUT2D eigenvalue weighted by atomic mass is 9.63. The monoisotopic (exact) mass is 440 g/mol. The molecule has 33 heavy (non-hydrogen) atoms.